The Morgan fingerprint density at radius 2 is 1.42 bits per heavy atom. The molecule has 0 aliphatic rings. The Morgan fingerprint density at radius 1 is 0.923 bits per heavy atom. The van der Waals surface area contributed by atoms with Gasteiger partial charge in [-0.3, -0.25) is 9.35 Å². The minimum absolute atomic E-state index is 0.0162. The summed E-state index contributed by atoms with van der Waals surface area (Å²) >= 11 is 0. The maximum absolute atomic E-state index is 12.9. The topological polar surface area (TPSA) is 74.7 Å². The summed E-state index contributed by atoms with van der Waals surface area (Å²) in [7, 11) is -4.77. The van der Waals surface area contributed by atoms with Crippen LogP contribution >= 0.6 is 0 Å². The molecule has 0 spiro atoms. The SMILES string of the molecule is CC(C)c1cccc(C(C)C)c1N(C(=O)Cc1ccccc1)S(=O)(=O)O. The van der Waals surface area contributed by atoms with E-state index in [0.717, 1.165) is 0 Å². The Balaban J connectivity index is 2.63. The number of hydrogen-bond acceptors (Lipinski definition) is 3. The monoisotopic (exact) mass is 375 g/mol. The highest BCUT2D eigenvalue weighted by Gasteiger charge is 2.32. The molecule has 5 nitrogen and oxygen atoms in total. The normalized spacial score (nSPS) is 11.8. The molecule has 0 aliphatic heterocycles. The van der Waals surface area contributed by atoms with E-state index in [4.69, 9.17) is 0 Å². The first-order valence-electron chi connectivity index (χ1n) is 8.60. The molecule has 0 bridgehead atoms. The second-order valence-corrected chi connectivity index (χ2v) is 8.15. The van der Waals surface area contributed by atoms with Crippen LogP contribution in [0.5, 0.6) is 0 Å². The Kier molecular flexibility index (Phi) is 6.21. The van der Waals surface area contributed by atoms with Crippen LogP contribution in [0.2, 0.25) is 0 Å². The molecule has 1 amide bonds. The number of carbonyl (C=O) groups excluding carboxylic acids is 1. The van der Waals surface area contributed by atoms with Crippen LogP contribution in [-0.4, -0.2) is 18.9 Å². The van der Waals surface area contributed by atoms with Crippen molar-refractivity contribution in [3.63, 3.8) is 0 Å². The molecular weight excluding hydrogens is 350 g/mol. The van der Waals surface area contributed by atoms with Gasteiger partial charge in [0.2, 0.25) is 5.91 Å². The number of para-hydroxylation sites is 1. The molecule has 0 aliphatic carbocycles. The van der Waals surface area contributed by atoms with E-state index >= 15 is 0 Å². The van der Waals surface area contributed by atoms with Crippen molar-refractivity contribution in [2.24, 2.45) is 0 Å². The first-order valence-corrected chi connectivity index (χ1v) is 10.00. The number of carbonyl (C=O) groups is 1. The molecule has 26 heavy (non-hydrogen) atoms. The predicted octanol–water partition coefficient (Wildman–Crippen LogP) is 4.31. The van der Waals surface area contributed by atoms with Crippen molar-refractivity contribution in [2.45, 2.75) is 46.0 Å². The highest BCUT2D eigenvalue weighted by atomic mass is 32.2. The minimum Gasteiger partial charge on any atom is -0.273 e. The molecule has 0 unspecified atom stereocenters. The van der Waals surface area contributed by atoms with Gasteiger partial charge in [-0.1, -0.05) is 76.2 Å². The smallest absolute Gasteiger partial charge is 0.273 e. The Labute approximate surface area is 155 Å². The summed E-state index contributed by atoms with van der Waals surface area (Å²) in [4.78, 5) is 12.9. The van der Waals surface area contributed by atoms with Gasteiger partial charge in [0.15, 0.2) is 0 Å². The maximum atomic E-state index is 12.9. The molecule has 0 heterocycles. The van der Waals surface area contributed by atoms with Crippen LogP contribution in [0.4, 0.5) is 5.69 Å². The first-order chi connectivity index (χ1) is 12.1. The third-order valence-corrected chi connectivity index (χ3v) is 5.05. The molecule has 0 fully saturated rings. The highest BCUT2D eigenvalue weighted by molar-refractivity contribution is 7.88. The summed E-state index contributed by atoms with van der Waals surface area (Å²) in [5, 5.41) is 0. The van der Waals surface area contributed by atoms with Gasteiger partial charge >= 0.3 is 10.3 Å². The fourth-order valence-corrected chi connectivity index (χ4v) is 3.72. The van der Waals surface area contributed by atoms with E-state index in [2.05, 4.69) is 0 Å². The molecule has 2 aromatic carbocycles. The van der Waals surface area contributed by atoms with Crippen molar-refractivity contribution in [1.82, 2.24) is 0 Å². The number of rotatable bonds is 6. The third kappa shape index (κ3) is 4.51. The standard InChI is InChI=1S/C20H25NO4S/c1-14(2)17-11-8-12-18(15(3)4)20(17)21(26(23,24)25)19(22)13-16-9-6-5-7-10-16/h5-12,14-15H,13H2,1-4H3,(H,23,24,25). The fraction of sp³-hybridized carbons (Fsp3) is 0.350. The van der Waals surface area contributed by atoms with Crippen LogP contribution in [0.15, 0.2) is 48.5 Å². The molecule has 0 saturated heterocycles. The van der Waals surface area contributed by atoms with Gasteiger partial charge < -0.3 is 0 Å². The largest absolute Gasteiger partial charge is 0.366 e. The van der Waals surface area contributed by atoms with E-state index in [1.807, 2.05) is 39.8 Å². The lowest BCUT2D eigenvalue weighted by Crippen LogP contribution is -2.39. The van der Waals surface area contributed by atoms with Gasteiger partial charge in [-0.2, -0.15) is 12.7 Å². The molecular formula is C20H25NO4S. The zero-order chi connectivity index (χ0) is 19.5. The van der Waals surface area contributed by atoms with Crippen molar-refractivity contribution >= 4 is 21.9 Å². The van der Waals surface area contributed by atoms with Gasteiger partial charge in [0.1, 0.15) is 0 Å². The summed E-state index contributed by atoms with van der Waals surface area (Å²) < 4.78 is 34.8. The van der Waals surface area contributed by atoms with Gasteiger partial charge in [0, 0.05) is 0 Å². The van der Waals surface area contributed by atoms with Gasteiger partial charge in [-0.15, -0.1) is 0 Å². The van der Waals surface area contributed by atoms with Crippen molar-refractivity contribution in [2.75, 3.05) is 4.31 Å². The number of amides is 1. The van der Waals surface area contributed by atoms with Crippen molar-refractivity contribution in [1.29, 1.82) is 0 Å². The zero-order valence-corrected chi connectivity index (χ0v) is 16.3. The van der Waals surface area contributed by atoms with Crippen LogP contribution in [-0.2, 0) is 21.5 Å². The minimum atomic E-state index is -4.77. The van der Waals surface area contributed by atoms with E-state index in [1.54, 1.807) is 36.4 Å². The second-order valence-electron chi connectivity index (χ2n) is 6.89. The summed E-state index contributed by atoms with van der Waals surface area (Å²) in [5.41, 5.74) is 2.35. The molecule has 140 valence electrons. The molecule has 0 radical (unpaired) electrons. The van der Waals surface area contributed by atoms with Crippen LogP contribution in [0.1, 0.15) is 56.2 Å². The molecule has 1 N–H and O–H groups in total. The molecule has 6 heteroatoms. The summed E-state index contributed by atoms with van der Waals surface area (Å²) in [6.07, 6.45) is -0.120. The quantitative estimate of drug-likeness (QED) is 0.763. The first kappa shape index (κ1) is 20.1. The lowest BCUT2D eigenvalue weighted by molar-refractivity contribution is -0.116. The van der Waals surface area contributed by atoms with E-state index in [0.29, 0.717) is 21.0 Å². The fourth-order valence-electron chi connectivity index (χ4n) is 2.96. The van der Waals surface area contributed by atoms with Crippen molar-refractivity contribution in [3.8, 4) is 0 Å². The number of benzene rings is 2. The number of hydrogen-bond donors (Lipinski definition) is 1. The van der Waals surface area contributed by atoms with E-state index in [9.17, 15) is 17.8 Å². The van der Waals surface area contributed by atoms with Gasteiger partial charge in [-0.25, -0.2) is 0 Å². The predicted molar refractivity (Wildman–Crippen MR) is 104 cm³/mol. The number of nitrogens with zero attached hydrogens (tertiary/aromatic N) is 1. The van der Waals surface area contributed by atoms with E-state index < -0.39 is 16.2 Å². The average Bonchev–Trinajstić information content (AvgIpc) is 2.54. The average molecular weight is 375 g/mol. The van der Waals surface area contributed by atoms with Gasteiger partial charge in [-0.05, 0) is 28.5 Å². The maximum Gasteiger partial charge on any atom is 0.366 e. The highest BCUT2D eigenvalue weighted by Crippen LogP contribution is 2.36. The Morgan fingerprint density at radius 3 is 1.85 bits per heavy atom. The van der Waals surface area contributed by atoms with Crippen LogP contribution in [0, 0.1) is 0 Å². The van der Waals surface area contributed by atoms with E-state index in [1.165, 1.54) is 0 Å². The Bertz CT molecular complexity index is 848. The summed E-state index contributed by atoms with van der Waals surface area (Å²) in [5.74, 6) is -0.719. The third-order valence-electron chi connectivity index (χ3n) is 4.20. The molecule has 2 rings (SSSR count). The molecule has 0 aromatic heterocycles. The molecule has 2 aromatic rings. The second kappa shape index (κ2) is 8.01. The van der Waals surface area contributed by atoms with Crippen molar-refractivity contribution in [3.05, 3.63) is 65.2 Å². The lowest BCUT2D eigenvalue weighted by Gasteiger charge is -2.27. The van der Waals surface area contributed by atoms with Gasteiger partial charge in [0.05, 0.1) is 12.1 Å². The lowest BCUT2D eigenvalue weighted by atomic mass is 9.92. The summed E-state index contributed by atoms with van der Waals surface area (Å²) in [6.45, 7) is 7.69. The summed E-state index contributed by atoms with van der Waals surface area (Å²) in [6, 6.07) is 14.3. The van der Waals surface area contributed by atoms with Gasteiger partial charge in [0.25, 0.3) is 0 Å². The van der Waals surface area contributed by atoms with E-state index in [-0.39, 0.29) is 23.9 Å². The van der Waals surface area contributed by atoms with Crippen LogP contribution in [0.3, 0.4) is 0 Å². The van der Waals surface area contributed by atoms with Crippen LogP contribution < -0.4 is 4.31 Å². The number of anilines is 1. The Hall–Kier alpha value is -2.18. The molecule has 0 atom stereocenters. The van der Waals surface area contributed by atoms with Crippen molar-refractivity contribution < 1.29 is 17.8 Å². The molecule has 0 saturated carbocycles. The zero-order valence-electron chi connectivity index (χ0n) is 15.5. The van der Waals surface area contributed by atoms with Crippen LogP contribution in [0.25, 0.3) is 0 Å².